The number of rotatable bonds is 2. The number of aromatic nitrogens is 3. The lowest BCUT2D eigenvalue weighted by atomic mass is 10.0. The number of amides is 1. The van der Waals surface area contributed by atoms with Gasteiger partial charge in [0.2, 0.25) is 5.91 Å². The Morgan fingerprint density at radius 1 is 1.37 bits per heavy atom. The number of para-hydroxylation sites is 1. The fourth-order valence-electron chi connectivity index (χ4n) is 2.72. The highest BCUT2D eigenvalue weighted by atomic mass is 16.2. The van der Waals surface area contributed by atoms with Gasteiger partial charge < -0.3 is 4.90 Å². The van der Waals surface area contributed by atoms with Gasteiger partial charge in [-0.05, 0) is 38.3 Å². The van der Waals surface area contributed by atoms with Gasteiger partial charge in [-0.3, -0.25) is 4.79 Å². The van der Waals surface area contributed by atoms with E-state index in [1.165, 1.54) is 6.42 Å². The molecule has 1 saturated heterocycles. The summed E-state index contributed by atoms with van der Waals surface area (Å²) >= 11 is 0. The van der Waals surface area contributed by atoms with Crippen LogP contribution in [0.3, 0.4) is 0 Å². The molecule has 1 aliphatic rings. The highest BCUT2D eigenvalue weighted by molar-refractivity contribution is 5.80. The summed E-state index contributed by atoms with van der Waals surface area (Å²) in [6.07, 6.45) is 3.43. The molecule has 0 spiro atoms. The Morgan fingerprint density at radius 3 is 3.05 bits per heavy atom. The number of piperidine rings is 1. The molecule has 1 aliphatic heterocycles. The molecule has 19 heavy (non-hydrogen) atoms. The molecule has 2 heterocycles. The van der Waals surface area contributed by atoms with Crippen LogP contribution in [0.4, 0.5) is 0 Å². The molecule has 5 heteroatoms. The van der Waals surface area contributed by atoms with E-state index in [0.717, 1.165) is 30.4 Å². The summed E-state index contributed by atoms with van der Waals surface area (Å²) in [6.45, 7) is 3.27. The molecule has 1 fully saturated rings. The van der Waals surface area contributed by atoms with Gasteiger partial charge in [-0.1, -0.05) is 17.3 Å². The number of likely N-dealkylation sites (tertiary alicyclic amines) is 1. The first kappa shape index (κ1) is 12.1. The molecule has 1 unspecified atom stereocenters. The number of hydrogen-bond donors (Lipinski definition) is 0. The maximum atomic E-state index is 12.4. The summed E-state index contributed by atoms with van der Waals surface area (Å²) in [5.41, 5.74) is 1.75. The lowest BCUT2D eigenvalue weighted by Crippen LogP contribution is -2.43. The summed E-state index contributed by atoms with van der Waals surface area (Å²) in [4.78, 5) is 14.3. The normalized spacial score (nSPS) is 19.8. The van der Waals surface area contributed by atoms with Crippen molar-refractivity contribution in [3.8, 4) is 0 Å². The van der Waals surface area contributed by atoms with Crippen LogP contribution in [0.25, 0.3) is 11.0 Å². The molecule has 1 aromatic carbocycles. The zero-order valence-corrected chi connectivity index (χ0v) is 11.1. The zero-order valence-electron chi connectivity index (χ0n) is 11.1. The Balaban J connectivity index is 1.79. The van der Waals surface area contributed by atoms with E-state index < -0.39 is 0 Å². The lowest BCUT2D eigenvalue weighted by molar-refractivity contribution is -0.135. The largest absolute Gasteiger partial charge is 0.338 e. The monoisotopic (exact) mass is 258 g/mol. The van der Waals surface area contributed by atoms with Gasteiger partial charge in [0.15, 0.2) is 0 Å². The molecular weight excluding hydrogens is 240 g/mol. The first-order chi connectivity index (χ1) is 9.25. The molecule has 2 aromatic rings. The number of benzene rings is 1. The second kappa shape index (κ2) is 4.99. The SMILES string of the molecule is CC1CCCCN1C(=O)Cn1nnc2ccccc21. The quantitative estimate of drug-likeness (QED) is 0.825. The average Bonchev–Trinajstić information content (AvgIpc) is 2.83. The Hall–Kier alpha value is -1.91. The van der Waals surface area contributed by atoms with E-state index >= 15 is 0 Å². The first-order valence-electron chi connectivity index (χ1n) is 6.83. The molecule has 0 bridgehead atoms. The van der Waals surface area contributed by atoms with Crippen LogP contribution in [-0.4, -0.2) is 38.4 Å². The van der Waals surface area contributed by atoms with Crippen molar-refractivity contribution in [2.45, 2.75) is 38.8 Å². The van der Waals surface area contributed by atoms with Gasteiger partial charge in [0.1, 0.15) is 12.1 Å². The lowest BCUT2D eigenvalue weighted by Gasteiger charge is -2.33. The highest BCUT2D eigenvalue weighted by Crippen LogP contribution is 2.17. The maximum absolute atomic E-state index is 12.4. The van der Waals surface area contributed by atoms with Gasteiger partial charge in [-0.25, -0.2) is 4.68 Å². The second-order valence-corrected chi connectivity index (χ2v) is 5.17. The highest BCUT2D eigenvalue weighted by Gasteiger charge is 2.23. The van der Waals surface area contributed by atoms with E-state index in [4.69, 9.17) is 0 Å². The number of hydrogen-bond acceptors (Lipinski definition) is 3. The van der Waals surface area contributed by atoms with E-state index in [2.05, 4.69) is 17.2 Å². The van der Waals surface area contributed by atoms with Crippen LogP contribution in [0.1, 0.15) is 26.2 Å². The van der Waals surface area contributed by atoms with Crippen LogP contribution in [0, 0.1) is 0 Å². The minimum absolute atomic E-state index is 0.142. The first-order valence-corrected chi connectivity index (χ1v) is 6.83. The predicted molar refractivity (Wildman–Crippen MR) is 72.6 cm³/mol. The third-order valence-electron chi connectivity index (χ3n) is 3.83. The molecular formula is C14H18N4O. The minimum atomic E-state index is 0.142. The van der Waals surface area contributed by atoms with E-state index in [0.29, 0.717) is 6.04 Å². The van der Waals surface area contributed by atoms with Crippen molar-refractivity contribution in [2.75, 3.05) is 6.54 Å². The van der Waals surface area contributed by atoms with Gasteiger partial charge >= 0.3 is 0 Å². The van der Waals surface area contributed by atoms with Crippen molar-refractivity contribution in [1.82, 2.24) is 19.9 Å². The fourth-order valence-corrected chi connectivity index (χ4v) is 2.72. The topological polar surface area (TPSA) is 51.0 Å². The standard InChI is InChI=1S/C14H18N4O/c1-11-6-4-5-9-17(11)14(19)10-18-13-8-3-2-7-12(13)15-16-18/h2-3,7-8,11H,4-6,9-10H2,1H3. The van der Waals surface area contributed by atoms with Crippen molar-refractivity contribution in [1.29, 1.82) is 0 Å². The minimum Gasteiger partial charge on any atom is -0.338 e. The Labute approximate surface area is 112 Å². The van der Waals surface area contributed by atoms with Crippen molar-refractivity contribution in [2.24, 2.45) is 0 Å². The fraction of sp³-hybridized carbons (Fsp3) is 0.500. The van der Waals surface area contributed by atoms with Crippen molar-refractivity contribution < 1.29 is 4.79 Å². The van der Waals surface area contributed by atoms with Gasteiger partial charge in [0.25, 0.3) is 0 Å². The summed E-state index contributed by atoms with van der Waals surface area (Å²) in [6, 6.07) is 8.07. The molecule has 0 N–H and O–H groups in total. The van der Waals surface area contributed by atoms with Crippen LogP contribution in [-0.2, 0) is 11.3 Å². The Bertz CT molecular complexity index is 592. The van der Waals surface area contributed by atoms with Crippen molar-refractivity contribution in [3.05, 3.63) is 24.3 Å². The van der Waals surface area contributed by atoms with E-state index in [-0.39, 0.29) is 12.5 Å². The summed E-state index contributed by atoms with van der Waals surface area (Å²) in [7, 11) is 0. The third kappa shape index (κ3) is 2.32. The predicted octanol–water partition coefficient (Wildman–Crippen LogP) is 1.83. The maximum Gasteiger partial charge on any atom is 0.244 e. The van der Waals surface area contributed by atoms with Gasteiger partial charge in [-0.2, -0.15) is 0 Å². The molecule has 0 aliphatic carbocycles. The average molecular weight is 258 g/mol. The number of nitrogens with zero attached hydrogens (tertiary/aromatic N) is 4. The molecule has 100 valence electrons. The molecule has 0 saturated carbocycles. The van der Waals surface area contributed by atoms with E-state index in [1.54, 1.807) is 4.68 Å². The van der Waals surface area contributed by atoms with Crippen LogP contribution in [0.5, 0.6) is 0 Å². The molecule has 1 atom stereocenters. The smallest absolute Gasteiger partial charge is 0.244 e. The number of fused-ring (bicyclic) bond motifs is 1. The van der Waals surface area contributed by atoms with Crippen LogP contribution < -0.4 is 0 Å². The molecule has 1 amide bonds. The van der Waals surface area contributed by atoms with Gasteiger partial charge in [0.05, 0.1) is 5.52 Å². The molecule has 0 radical (unpaired) electrons. The number of carbonyl (C=O) groups is 1. The Morgan fingerprint density at radius 2 is 2.21 bits per heavy atom. The molecule has 3 rings (SSSR count). The zero-order chi connectivity index (χ0) is 13.2. The third-order valence-corrected chi connectivity index (χ3v) is 3.83. The van der Waals surface area contributed by atoms with E-state index in [1.807, 2.05) is 29.2 Å². The molecule has 5 nitrogen and oxygen atoms in total. The van der Waals surface area contributed by atoms with Crippen molar-refractivity contribution >= 4 is 16.9 Å². The van der Waals surface area contributed by atoms with E-state index in [9.17, 15) is 4.79 Å². The Kier molecular flexibility index (Phi) is 3.19. The van der Waals surface area contributed by atoms with Crippen LogP contribution in [0.15, 0.2) is 24.3 Å². The second-order valence-electron chi connectivity index (χ2n) is 5.17. The molecule has 1 aromatic heterocycles. The van der Waals surface area contributed by atoms with Gasteiger partial charge in [0, 0.05) is 12.6 Å². The van der Waals surface area contributed by atoms with Crippen molar-refractivity contribution in [3.63, 3.8) is 0 Å². The number of carbonyl (C=O) groups excluding carboxylic acids is 1. The summed E-state index contributed by atoms with van der Waals surface area (Å²) in [5, 5.41) is 8.15. The van der Waals surface area contributed by atoms with Crippen LogP contribution >= 0.6 is 0 Å². The van der Waals surface area contributed by atoms with Crippen LogP contribution in [0.2, 0.25) is 0 Å². The summed E-state index contributed by atoms with van der Waals surface area (Å²) < 4.78 is 1.69. The summed E-state index contributed by atoms with van der Waals surface area (Å²) in [5.74, 6) is 0.142. The van der Waals surface area contributed by atoms with Gasteiger partial charge in [-0.15, -0.1) is 5.10 Å².